The summed E-state index contributed by atoms with van der Waals surface area (Å²) >= 11 is 0. The SMILES string of the molecule is O=C(NCC1CC1)NC12CCC(C(=O)O)(CC1)CC2. The summed E-state index contributed by atoms with van der Waals surface area (Å²) in [5.41, 5.74) is -0.654. The van der Waals surface area contributed by atoms with Gasteiger partial charge < -0.3 is 15.7 Å². The Labute approximate surface area is 113 Å². The number of nitrogens with one attached hydrogen (secondary N) is 2. The highest BCUT2D eigenvalue weighted by Crippen LogP contribution is 2.52. The Balaban J connectivity index is 1.54. The van der Waals surface area contributed by atoms with Crippen LogP contribution in [0.25, 0.3) is 0 Å². The molecule has 4 fully saturated rings. The number of carbonyl (C=O) groups excluding carboxylic acids is 1. The monoisotopic (exact) mass is 266 g/mol. The Bertz CT molecular complexity index is 379. The molecule has 0 spiro atoms. The summed E-state index contributed by atoms with van der Waals surface area (Å²) in [7, 11) is 0. The fourth-order valence-corrected chi connectivity index (χ4v) is 3.54. The van der Waals surface area contributed by atoms with Crippen molar-refractivity contribution in [1.29, 1.82) is 0 Å². The van der Waals surface area contributed by atoms with E-state index < -0.39 is 11.4 Å². The minimum absolute atomic E-state index is 0.0726. The molecule has 19 heavy (non-hydrogen) atoms. The summed E-state index contributed by atoms with van der Waals surface area (Å²) in [6, 6.07) is -0.0726. The lowest BCUT2D eigenvalue weighted by atomic mass is 9.57. The molecule has 0 aliphatic heterocycles. The molecular formula is C14H22N2O3. The van der Waals surface area contributed by atoms with Crippen LogP contribution in [-0.4, -0.2) is 29.2 Å². The molecule has 0 radical (unpaired) electrons. The molecule has 5 heteroatoms. The number of aliphatic carboxylic acids is 1. The highest BCUT2D eigenvalue weighted by molar-refractivity contribution is 5.77. The summed E-state index contributed by atoms with van der Waals surface area (Å²) < 4.78 is 0. The number of urea groups is 1. The van der Waals surface area contributed by atoms with Crippen LogP contribution in [-0.2, 0) is 4.79 Å². The molecule has 2 amide bonds. The number of fused-ring (bicyclic) bond motifs is 3. The van der Waals surface area contributed by atoms with E-state index in [1.165, 1.54) is 12.8 Å². The largest absolute Gasteiger partial charge is 0.481 e. The first-order chi connectivity index (χ1) is 9.04. The van der Waals surface area contributed by atoms with Gasteiger partial charge >= 0.3 is 12.0 Å². The van der Waals surface area contributed by atoms with Crippen LogP contribution in [0.3, 0.4) is 0 Å². The van der Waals surface area contributed by atoms with E-state index in [1.54, 1.807) is 0 Å². The average molecular weight is 266 g/mol. The lowest BCUT2D eigenvalue weighted by Crippen LogP contribution is -2.60. The van der Waals surface area contributed by atoms with E-state index in [2.05, 4.69) is 10.6 Å². The molecule has 3 N–H and O–H groups in total. The molecule has 0 aromatic heterocycles. The van der Waals surface area contributed by atoms with Crippen molar-refractivity contribution in [1.82, 2.24) is 10.6 Å². The molecular weight excluding hydrogens is 244 g/mol. The lowest BCUT2D eigenvalue weighted by Gasteiger charge is -2.51. The third kappa shape index (κ3) is 2.42. The molecule has 0 aromatic carbocycles. The molecule has 0 atom stereocenters. The van der Waals surface area contributed by atoms with Gasteiger partial charge in [0.2, 0.25) is 0 Å². The second kappa shape index (κ2) is 4.39. The van der Waals surface area contributed by atoms with E-state index in [1.807, 2.05) is 0 Å². The van der Waals surface area contributed by atoms with Crippen molar-refractivity contribution in [3.8, 4) is 0 Å². The number of amides is 2. The molecule has 0 saturated heterocycles. The first-order valence-corrected chi connectivity index (χ1v) is 7.33. The van der Waals surface area contributed by atoms with Crippen LogP contribution < -0.4 is 10.6 Å². The maximum Gasteiger partial charge on any atom is 0.315 e. The molecule has 4 rings (SSSR count). The maximum atomic E-state index is 11.9. The zero-order chi connectivity index (χ0) is 13.5. The number of rotatable bonds is 4. The fourth-order valence-electron chi connectivity index (χ4n) is 3.54. The number of carboxylic acids is 1. The Morgan fingerprint density at radius 1 is 1.05 bits per heavy atom. The van der Waals surface area contributed by atoms with Gasteiger partial charge in [-0.05, 0) is 57.3 Å². The van der Waals surface area contributed by atoms with Crippen molar-refractivity contribution in [2.24, 2.45) is 11.3 Å². The molecule has 4 saturated carbocycles. The predicted octanol–water partition coefficient (Wildman–Crippen LogP) is 1.87. The quantitative estimate of drug-likeness (QED) is 0.727. The molecule has 4 aliphatic carbocycles. The molecule has 0 heterocycles. The minimum atomic E-state index is -0.654. The van der Waals surface area contributed by atoms with Gasteiger partial charge in [-0.15, -0.1) is 0 Å². The van der Waals surface area contributed by atoms with Gasteiger partial charge in [0.1, 0.15) is 0 Å². The van der Waals surface area contributed by atoms with Crippen molar-refractivity contribution in [3.05, 3.63) is 0 Å². The third-order valence-electron chi connectivity index (χ3n) is 5.33. The van der Waals surface area contributed by atoms with Gasteiger partial charge in [0.15, 0.2) is 0 Å². The van der Waals surface area contributed by atoms with Crippen molar-refractivity contribution in [2.45, 2.75) is 56.9 Å². The Kier molecular flexibility index (Phi) is 2.95. The zero-order valence-electron chi connectivity index (χ0n) is 11.2. The van der Waals surface area contributed by atoms with Gasteiger partial charge in [-0.1, -0.05) is 0 Å². The van der Waals surface area contributed by atoms with E-state index >= 15 is 0 Å². The highest BCUT2D eigenvalue weighted by Gasteiger charge is 2.53. The Hall–Kier alpha value is -1.26. The summed E-state index contributed by atoms with van der Waals surface area (Å²) in [4.78, 5) is 23.2. The van der Waals surface area contributed by atoms with Crippen LogP contribution in [0.5, 0.6) is 0 Å². The summed E-state index contributed by atoms with van der Waals surface area (Å²) in [6.07, 6.45) is 6.96. The average Bonchev–Trinajstić information content (AvgIpc) is 3.22. The Morgan fingerprint density at radius 3 is 2.11 bits per heavy atom. The van der Waals surface area contributed by atoms with E-state index in [4.69, 9.17) is 0 Å². The van der Waals surface area contributed by atoms with Crippen LogP contribution in [0.4, 0.5) is 4.79 Å². The van der Waals surface area contributed by atoms with Gasteiger partial charge in [0.05, 0.1) is 5.41 Å². The van der Waals surface area contributed by atoms with Crippen LogP contribution >= 0.6 is 0 Å². The van der Waals surface area contributed by atoms with Gasteiger partial charge in [0.25, 0.3) is 0 Å². The second-order valence-electron chi connectivity index (χ2n) is 6.64. The predicted molar refractivity (Wildman–Crippen MR) is 69.8 cm³/mol. The number of hydrogen-bond donors (Lipinski definition) is 3. The van der Waals surface area contributed by atoms with E-state index in [-0.39, 0.29) is 11.6 Å². The minimum Gasteiger partial charge on any atom is -0.481 e. The molecule has 4 aliphatic rings. The first kappa shape index (κ1) is 12.8. The lowest BCUT2D eigenvalue weighted by molar-refractivity contribution is -0.156. The number of hydrogen-bond acceptors (Lipinski definition) is 2. The van der Waals surface area contributed by atoms with Crippen molar-refractivity contribution in [3.63, 3.8) is 0 Å². The smallest absolute Gasteiger partial charge is 0.315 e. The van der Waals surface area contributed by atoms with Crippen molar-refractivity contribution in [2.75, 3.05) is 6.54 Å². The standard InChI is InChI=1S/C14H22N2O3/c17-11(18)13-3-6-14(7-4-13,8-5-13)16-12(19)15-9-10-1-2-10/h10H,1-9H2,(H,17,18)(H2,15,16,19). The van der Waals surface area contributed by atoms with Crippen molar-refractivity contribution >= 4 is 12.0 Å². The number of carbonyl (C=O) groups is 2. The van der Waals surface area contributed by atoms with Crippen molar-refractivity contribution < 1.29 is 14.7 Å². The topological polar surface area (TPSA) is 78.4 Å². The van der Waals surface area contributed by atoms with Gasteiger partial charge in [0, 0.05) is 12.1 Å². The van der Waals surface area contributed by atoms with E-state index in [0.29, 0.717) is 25.2 Å². The molecule has 106 valence electrons. The molecule has 5 nitrogen and oxygen atoms in total. The molecule has 0 unspecified atom stereocenters. The van der Waals surface area contributed by atoms with Crippen LogP contribution in [0.1, 0.15) is 51.4 Å². The first-order valence-electron chi connectivity index (χ1n) is 7.33. The normalized spacial score (nSPS) is 36.8. The van der Waals surface area contributed by atoms with Gasteiger partial charge in [-0.2, -0.15) is 0 Å². The van der Waals surface area contributed by atoms with Gasteiger partial charge in [-0.3, -0.25) is 4.79 Å². The van der Waals surface area contributed by atoms with E-state index in [0.717, 1.165) is 25.8 Å². The summed E-state index contributed by atoms with van der Waals surface area (Å²) in [5.74, 6) is 0.0274. The zero-order valence-corrected chi connectivity index (χ0v) is 11.2. The third-order valence-corrected chi connectivity index (χ3v) is 5.33. The second-order valence-corrected chi connectivity index (χ2v) is 6.64. The molecule has 2 bridgehead atoms. The van der Waals surface area contributed by atoms with E-state index in [9.17, 15) is 14.7 Å². The maximum absolute atomic E-state index is 11.9. The summed E-state index contributed by atoms with van der Waals surface area (Å²) in [6.45, 7) is 0.779. The van der Waals surface area contributed by atoms with Crippen LogP contribution in [0, 0.1) is 11.3 Å². The fraction of sp³-hybridized carbons (Fsp3) is 0.857. The van der Waals surface area contributed by atoms with Crippen LogP contribution in [0.2, 0.25) is 0 Å². The summed E-state index contributed by atoms with van der Waals surface area (Å²) in [5, 5.41) is 15.4. The number of carboxylic acid groups (broad SMARTS) is 1. The Morgan fingerprint density at radius 2 is 1.63 bits per heavy atom. The van der Waals surface area contributed by atoms with Crippen LogP contribution in [0.15, 0.2) is 0 Å². The highest BCUT2D eigenvalue weighted by atomic mass is 16.4. The molecule has 0 aromatic rings. The van der Waals surface area contributed by atoms with Gasteiger partial charge in [-0.25, -0.2) is 4.79 Å².